The highest BCUT2D eigenvalue weighted by Gasteiger charge is 2.20. The zero-order valence-corrected chi connectivity index (χ0v) is 26.0. The summed E-state index contributed by atoms with van der Waals surface area (Å²) in [6, 6.07) is 71.8. The van der Waals surface area contributed by atoms with Crippen molar-refractivity contribution in [2.75, 3.05) is 4.90 Å². The Labute approximate surface area is 276 Å². The van der Waals surface area contributed by atoms with Crippen LogP contribution < -0.4 is 4.90 Å². The fourth-order valence-corrected chi connectivity index (χ4v) is 6.63. The van der Waals surface area contributed by atoms with Crippen LogP contribution in [0.4, 0.5) is 17.1 Å². The average molecular weight is 600 g/mol. The van der Waals surface area contributed by atoms with E-state index in [-0.39, 0.29) is 0 Å². The van der Waals surface area contributed by atoms with Gasteiger partial charge < -0.3 is 4.90 Å². The molecule has 0 aliphatic rings. The van der Waals surface area contributed by atoms with E-state index in [0.717, 1.165) is 17.1 Å². The maximum atomic E-state index is 2.40. The lowest BCUT2D eigenvalue weighted by molar-refractivity contribution is 1.28. The third-order valence-electron chi connectivity index (χ3n) is 8.88. The van der Waals surface area contributed by atoms with Gasteiger partial charge in [0.15, 0.2) is 0 Å². The van der Waals surface area contributed by atoms with Gasteiger partial charge in [0, 0.05) is 16.9 Å². The monoisotopic (exact) mass is 599 g/mol. The van der Waals surface area contributed by atoms with Gasteiger partial charge in [0.2, 0.25) is 0 Å². The number of benzene rings is 8. The highest BCUT2D eigenvalue weighted by atomic mass is 15.1. The number of rotatable bonds is 7. The first kappa shape index (κ1) is 28.3. The third kappa shape index (κ3) is 5.60. The minimum absolute atomic E-state index is 1.10. The summed E-state index contributed by atoms with van der Waals surface area (Å²) in [4.78, 5) is 2.40. The molecule has 0 aliphatic heterocycles. The minimum atomic E-state index is 1.10. The van der Waals surface area contributed by atoms with Crippen LogP contribution in [0.3, 0.4) is 0 Å². The number of hydrogen-bond donors (Lipinski definition) is 0. The first-order valence-corrected chi connectivity index (χ1v) is 16.1. The van der Waals surface area contributed by atoms with Crippen molar-refractivity contribution in [3.05, 3.63) is 200 Å². The second-order valence-corrected chi connectivity index (χ2v) is 11.8. The summed E-state index contributed by atoms with van der Waals surface area (Å²) >= 11 is 0. The highest BCUT2D eigenvalue weighted by Crippen LogP contribution is 2.44. The molecule has 0 aromatic heterocycles. The summed E-state index contributed by atoms with van der Waals surface area (Å²) in [6.45, 7) is 0. The molecule has 0 spiro atoms. The molecule has 222 valence electrons. The third-order valence-corrected chi connectivity index (χ3v) is 8.88. The number of anilines is 3. The molecule has 8 aromatic carbocycles. The Morgan fingerprint density at radius 2 is 0.809 bits per heavy atom. The van der Waals surface area contributed by atoms with E-state index in [1.807, 2.05) is 0 Å². The summed E-state index contributed by atoms with van der Waals surface area (Å²) < 4.78 is 0. The van der Waals surface area contributed by atoms with Crippen LogP contribution in [0.5, 0.6) is 0 Å². The molecule has 0 radical (unpaired) electrons. The molecule has 0 atom stereocenters. The van der Waals surface area contributed by atoms with Gasteiger partial charge >= 0.3 is 0 Å². The molecule has 0 amide bonds. The van der Waals surface area contributed by atoms with Gasteiger partial charge in [-0.2, -0.15) is 0 Å². The van der Waals surface area contributed by atoms with Crippen LogP contribution >= 0.6 is 0 Å². The largest absolute Gasteiger partial charge is 0.310 e. The van der Waals surface area contributed by atoms with Gasteiger partial charge in [0.05, 0.1) is 5.69 Å². The quantitative estimate of drug-likeness (QED) is 0.176. The van der Waals surface area contributed by atoms with Crippen LogP contribution in [0.15, 0.2) is 200 Å². The Bertz CT molecular complexity index is 2280. The lowest BCUT2D eigenvalue weighted by atomic mass is 9.93. The first-order valence-electron chi connectivity index (χ1n) is 16.1. The second kappa shape index (κ2) is 12.7. The molecule has 8 rings (SSSR count). The van der Waals surface area contributed by atoms with Crippen molar-refractivity contribution in [1.29, 1.82) is 0 Å². The standard InChI is InChI=1S/C46H33N/c1-3-15-34(16-4-1)35-29-31-39(32-30-35)47(40-22-13-21-38(33-40)43-27-14-20-37-19-7-8-23-41(37)43)46-28-12-11-26-45(46)44-25-10-9-24-42(44)36-17-5-2-6-18-36/h1-33H. The van der Waals surface area contributed by atoms with Crippen LogP contribution in [-0.4, -0.2) is 0 Å². The summed E-state index contributed by atoms with van der Waals surface area (Å²) in [7, 11) is 0. The predicted octanol–water partition coefficient (Wildman–Crippen LogP) is 13.0. The van der Waals surface area contributed by atoms with Crippen LogP contribution in [0.1, 0.15) is 0 Å². The number of nitrogens with zero attached hydrogens (tertiary/aromatic N) is 1. The zero-order valence-electron chi connectivity index (χ0n) is 26.0. The molecular formula is C46H33N. The van der Waals surface area contributed by atoms with Crippen molar-refractivity contribution in [2.24, 2.45) is 0 Å². The Morgan fingerprint density at radius 1 is 0.277 bits per heavy atom. The zero-order chi connectivity index (χ0) is 31.4. The Balaban J connectivity index is 1.32. The topological polar surface area (TPSA) is 3.24 Å². The van der Waals surface area contributed by atoms with E-state index in [2.05, 4.69) is 205 Å². The van der Waals surface area contributed by atoms with E-state index in [4.69, 9.17) is 0 Å². The molecule has 0 heterocycles. The van der Waals surface area contributed by atoms with Crippen molar-refractivity contribution in [2.45, 2.75) is 0 Å². The molecule has 8 aromatic rings. The van der Waals surface area contributed by atoms with Crippen LogP contribution in [0, 0.1) is 0 Å². The summed E-state index contributed by atoms with van der Waals surface area (Å²) in [5, 5.41) is 2.50. The molecule has 0 fully saturated rings. The van der Waals surface area contributed by atoms with Gasteiger partial charge in [0.1, 0.15) is 0 Å². The van der Waals surface area contributed by atoms with Crippen LogP contribution in [0.25, 0.3) is 55.3 Å². The van der Waals surface area contributed by atoms with E-state index >= 15 is 0 Å². The van der Waals surface area contributed by atoms with Crippen molar-refractivity contribution in [3.63, 3.8) is 0 Å². The van der Waals surface area contributed by atoms with Crippen molar-refractivity contribution < 1.29 is 0 Å². The minimum Gasteiger partial charge on any atom is -0.310 e. The maximum Gasteiger partial charge on any atom is 0.0540 e. The molecule has 0 unspecified atom stereocenters. The number of fused-ring (bicyclic) bond motifs is 1. The Morgan fingerprint density at radius 3 is 1.60 bits per heavy atom. The van der Waals surface area contributed by atoms with Crippen LogP contribution in [0.2, 0.25) is 0 Å². The SMILES string of the molecule is c1ccc(-c2ccc(N(c3cccc(-c4cccc5ccccc45)c3)c3ccccc3-c3ccccc3-c3ccccc3)cc2)cc1. The molecule has 0 aliphatic carbocycles. The van der Waals surface area contributed by atoms with Crippen LogP contribution in [-0.2, 0) is 0 Å². The first-order chi connectivity index (χ1) is 23.3. The van der Waals surface area contributed by atoms with E-state index in [0.29, 0.717) is 0 Å². The number of hydrogen-bond acceptors (Lipinski definition) is 1. The van der Waals surface area contributed by atoms with Crippen molar-refractivity contribution in [3.8, 4) is 44.5 Å². The smallest absolute Gasteiger partial charge is 0.0540 e. The van der Waals surface area contributed by atoms with E-state index in [9.17, 15) is 0 Å². The lowest BCUT2D eigenvalue weighted by Gasteiger charge is -2.29. The van der Waals surface area contributed by atoms with E-state index in [1.54, 1.807) is 0 Å². The molecule has 0 saturated heterocycles. The normalized spacial score (nSPS) is 11.0. The van der Waals surface area contributed by atoms with Gasteiger partial charge in [-0.15, -0.1) is 0 Å². The van der Waals surface area contributed by atoms with E-state index in [1.165, 1.54) is 55.3 Å². The van der Waals surface area contributed by atoms with Gasteiger partial charge in [-0.25, -0.2) is 0 Å². The predicted molar refractivity (Wildman–Crippen MR) is 200 cm³/mol. The highest BCUT2D eigenvalue weighted by molar-refractivity contribution is 5.98. The van der Waals surface area contributed by atoms with Gasteiger partial charge in [0.25, 0.3) is 0 Å². The summed E-state index contributed by atoms with van der Waals surface area (Å²) in [5.74, 6) is 0. The molecule has 47 heavy (non-hydrogen) atoms. The molecule has 1 nitrogen and oxygen atoms in total. The summed E-state index contributed by atoms with van der Waals surface area (Å²) in [6.07, 6.45) is 0. The molecule has 1 heteroatoms. The maximum absolute atomic E-state index is 2.40. The van der Waals surface area contributed by atoms with Gasteiger partial charge in [-0.05, 0) is 80.0 Å². The van der Waals surface area contributed by atoms with Gasteiger partial charge in [-0.3, -0.25) is 0 Å². The lowest BCUT2D eigenvalue weighted by Crippen LogP contribution is -2.11. The number of para-hydroxylation sites is 1. The Kier molecular flexibility index (Phi) is 7.63. The second-order valence-electron chi connectivity index (χ2n) is 11.8. The van der Waals surface area contributed by atoms with Gasteiger partial charge in [-0.1, -0.05) is 170 Å². The van der Waals surface area contributed by atoms with Crippen molar-refractivity contribution in [1.82, 2.24) is 0 Å². The molecule has 0 saturated carbocycles. The van der Waals surface area contributed by atoms with Crippen molar-refractivity contribution >= 4 is 27.8 Å². The molecule has 0 bridgehead atoms. The fourth-order valence-electron chi connectivity index (χ4n) is 6.63. The van der Waals surface area contributed by atoms with E-state index < -0.39 is 0 Å². The molecular weight excluding hydrogens is 567 g/mol. The average Bonchev–Trinajstić information content (AvgIpc) is 3.16. The molecule has 0 N–H and O–H groups in total. The Hall–Kier alpha value is -6.18. The summed E-state index contributed by atoms with van der Waals surface area (Å²) in [5.41, 5.74) is 12.9. The fraction of sp³-hybridized carbons (Fsp3) is 0.